The van der Waals surface area contributed by atoms with E-state index in [0.717, 1.165) is 30.3 Å². The highest BCUT2D eigenvalue weighted by Gasteiger charge is 2.11. The van der Waals surface area contributed by atoms with E-state index in [1.807, 2.05) is 38.1 Å². The van der Waals surface area contributed by atoms with Gasteiger partial charge in [-0.15, -0.1) is 24.0 Å². The van der Waals surface area contributed by atoms with Crippen LogP contribution in [0.4, 0.5) is 5.69 Å². The summed E-state index contributed by atoms with van der Waals surface area (Å²) in [7, 11) is 1.77. The maximum Gasteiger partial charge on any atom is 0.224 e. The fourth-order valence-corrected chi connectivity index (χ4v) is 3.90. The smallest absolute Gasteiger partial charge is 0.224 e. The highest BCUT2D eigenvalue weighted by Crippen LogP contribution is 2.14. The van der Waals surface area contributed by atoms with Crippen LogP contribution in [0.15, 0.2) is 53.5 Å². The molecule has 180 valence electrons. The summed E-state index contributed by atoms with van der Waals surface area (Å²) in [6.45, 7) is 8.92. The Bertz CT molecular complexity index is 892. The number of nitrogens with one attached hydrogen (secondary N) is 3. The molecule has 2 aromatic carbocycles. The quantitative estimate of drug-likeness (QED) is 0.234. The molecule has 7 heteroatoms. The SMILES string of the molecule is CN=C(NCc1ccc(CN2CCCC2)cc1)NCc1cccc(NC(=O)CC(C)C)c1.I. The Kier molecular flexibility index (Phi) is 11.7. The van der Waals surface area contributed by atoms with Crippen LogP contribution in [0.2, 0.25) is 0 Å². The van der Waals surface area contributed by atoms with Crippen molar-refractivity contribution >= 4 is 41.5 Å². The fraction of sp³-hybridized carbons (Fsp3) is 0.462. The molecule has 1 amide bonds. The zero-order valence-corrected chi connectivity index (χ0v) is 22.4. The number of rotatable bonds is 9. The van der Waals surface area contributed by atoms with Gasteiger partial charge in [-0.05, 0) is 60.7 Å². The molecule has 0 aromatic heterocycles. The molecule has 0 radical (unpaired) electrons. The van der Waals surface area contributed by atoms with Gasteiger partial charge in [-0.2, -0.15) is 0 Å². The van der Waals surface area contributed by atoms with Crippen molar-refractivity contribution in [2.24, 2.45) is 10.9 Å². The van der Waals surface area contributed by atoms with Gasteiger partial charge in [0.05, 0.1) is 0 Å². The van der Waals surface area contributed by atoms with Crippen molar-refractivity contribution in [3.05, 3.63) is 65.2 Å². The third kappa shape index (κ3) is 9.71. The van der Waals surface area contributed by atoms with Gasteiger partial charge in [0.2, 0.25) is 5.91 Å². The average Bonchev–Trinajstić information content (AvgIpc) is 3.27. The first-order valence-corrected chi connectivity index (χ1v) is 11.7. The second-order valence-electron chi connectivity index (χ2n) is 8.93. The van der Waals surface area contributed by atoms with Crippen LogP contribution in [0.1, 0.15) is 49.8 Å². The van der Waals surface area contributed by atoms with E-state index in [1.165, 1.54) is 37.1 Å². The van der Waals surface area contributed by atoms with Gasteiger partial charge in [0.25, 0.3) is 0 Å². The summed E-state index contributed by atoms with van der Waals surface area (Å²) in [6.07, 6.45) is 3.18. The number of hydrogen-bond donors (Lipinski definition) is 3. The number of nitrogens with zero attached hydrogens (tertiary/aromatic N) is 2. The largest absolute Gasteiger partial charge is 0.352 e. The van der Waals surface area contributed by atoms with Gasteiger partial charge in [0.15, 0.2) is 5.96 Å². The number of aliphatic imine (C=N–C) groups is 1. The van der Waals surface area contributed by atoms with Crippen molar-refractivity contribution < 1.29 is 4.79 Å². The minimum atomic E-state index is 0. The maximum atomic E-state index is 12.0. The van der Waals surface area contributed by atoms with E-state index >= 15 is 0 Å². The van der Waals surface area contributed by atoms with Crippen molar-refractivity contribution in [1.29, 1.82) is 0 Å². The number of benzene rings is 2. The molecule has 0 bridgehead atoms. The molecule has 2 aromatic rings. The molecular formula is C26H38IN5O. The second kappa shape index (κ2) is 14.2. The predicted octanol–water partition coefficient (Wildman–Crippen LogP) is 4.75. The van der Waals surface area contributed by atoms with Crippen LogP contribution in [0, 0.1) is 5.92 Å². The monoisotopic (exact) mass is 563 g/mol. The summed E-state index contributed by atoms with van der Waals surface area (Å²) < 4.78 is 0. The Hall–Kier alpha value is -2.13. The Morgan fingerprint density at radius 2 is 1.61 bits per heavy atom. The minimum Gasteiger partial charge on any atom is -0.352 e. The predicted molar refractivity (Wildman–Crippen MR) is 148 cm³/mol. The van der Waals surface area contributed by atoms with E-state index in [-0.39, 0.29) is 29.9 Å². The lowest BCUT2D eigenvalue weighted by Crippen LogP contribution is -2.36. The summed E-state index contributed by atoms with van der Waals surface area (Å²) in [6, 6.07) is 16.7. The van der Waals surface area contributed by atoms with Crippen LogP contribution in [0.5, 0.6) is 0 Å². The van der Waals surface area contributed by atoms with E-state index in [4.69, 9.17) is 0 Å². The highest BCUT2D eigenvalue weighted by molar-refractivity contribution is 14.0. The summed E-state index contributed by atoms with van der Waals surface area (Å²) >= 11 is 0. The standard InChI is InChI=1S/C26H37N5O.HI/c1-20(2)15-25(32)30-24-8-6-7-23(16-24)18-29-26(27-3)28-17-21-9-11-22(12-10-21)19-31-13-4-5-14-31;/h6-12,16,20H,4-5,13-15,17-19H2,1-3H3,(H,30,32)(H2,27,28,29);1H. The van der Waals surface area contributed by atoms with Gasteiger partial charge in [-0.1, -0.05) is 50.2 Å². The first-order chi connectivity index (χ1) is 15.5. The maximum absolute atomic E-state index is 12.0. The van der Waals surface area contributed by atoms with Crippen molar-refractivity contribution in [2.75, 3.05) is 25.5 Å². The van der Waals surface area contributed by atoms with E-state index in [0.29, 0.717) is 18.9 Å². The molecule has 0 atom stereocenters. The zero-order chi connectivity index (χ0) is 22.8. The van der Waals surface area contributed by atoms with Crippen molar-refractivity contribution in [2.45, 2.75) is 52.7 Å². The number of likely N-dealkylation sites (tertiary alicyclic amines) is 1. The van der Waals surface area contributed by atoms with Crippen molar-refractivity contribution in [3.8, 4) is 0 Å². The third-order valence-electron chi connectivity index (χ3n) is 5.58. The van der Waals surface area contributed by atoms with Gasteiger partial charge in [0.1, 0.15) is 0 Å². The first-order valence-electron chi connectivity index (χ1n) is 11.7. The Morgan fingerprint density at radius 1 is 0.970 bits per heavy atom. The van der Waals surface area contributed by atoms with Crippen LogP contribution in [-0.2, 0) is 24.4 Å². The molecule has 0 unspecified atom stereocenters. The van der Waals surface area contributed by atoms with Gasteiger partial charge in [0, 0.05) is 38.8 Å². The molecule has 1 fully saturated rings. The Morgan fingerprint density at radius 3 is 2.24 bits per heavy atom. The number of guanidine groups is 1. The number of anilines is 1. The third-order valence-corrected chi connectivity index (χ3v) is 5.58. The molecular weight excluding hydrogens is 525 g/mol. The van der Waals surface area contributed by atoms with E-state index < -0.39 is 0 Å². The highest BCUT2D eigenvalue weighted by atomic mass is 127. The number of carbonyl (C=O) groups excluding carboxylic acids is 1. The van der Waals surface area contributed by atoms with Gasteiger partial charge in [-0.25, -0.2) is 0 Å². The molecule has 1 heterocycles. The Labute approximate surface area is 215 Å². The topological polar surface area (TPSA) is 68.8 Å². The molecule has 1 saturated heterocycles. The van der Waals surface area contributed by atoms with Gasteiger partial charge < -0.3 is 16.0 Å². The van der Waals surface area contributed by atoms with Crippen LogP contribution in [-0.4, -0.2) is 36.9 Å². The fourth-order valence-electron chi connectivity index (χ4n) is 3.90. The van der Waals surface area contributed by atoms with Crippen LogP contribution in [0.3, 0.4) is 0 Å². The van der Waals surface area contributed by atoms with Gasteiger partial charge >= 0.3 is 0 Å². The first kappa shape index (κ1) is 27.1. The summed E-state index contributed by atoms with van der Waals surface area (Å²) in [5.41, 5.74) is 4.51. The number of carbonyl (C=O) groups is 1. The van der Waals surface area contributed by atoms with Gasteiger partial charge in [-0.3, -0.25) is 14.7 Å². The van der Waals surface area contributed by atoms with E-state index in [2.05, 4.69) is 50.1 Å². The zero-order valence-electron chi connectivity index (χ0n) is 20.1. The number of halogens is 1. The number of hydrogen-bond acceptors (Lipinski definition) is 3. The van der Waals surface area contributed by atoms with Crippen LogP contribution in [0.25, 0.3) is 0 Å². The lowest BCUT2D eigenvalue weighted by atomic mass is 10.1. The lowest BCUT2D eigenvalue weighted by molar-refractivity contribution is -0.116. The molecule has 1 aliphatic rings. The second-order valence-corrected chi connectivity index (χ2v) is 8.93. The van der Waals surface area contributed by atoms with Crippen molar-refractivity contribution in [1.82, 2.24) is 15.5 Å². The molecule has 0 saturated carbocycles. The normalized spacial score (nSPS) is 14.1. The van der Waals surface area contributed by atoms with Crippen LogP contribution >= 0.6 is 24.0 Å². The average molecular weight is 564 g/mol. The Balaban J connectivity index is 0.00000385. The molecule has 1 aliphatic heterocycles. The van der Waals surface area contributed by atoms with E-state index in [1.54, 1.807) is 7.05 Å². The molecule has 0 aliphatic carbocycles. The number of amides is 1. The molecule has 3 rings (SSSR count). The molecule has 3 N–H and O–H groups in total. The molecule has 0 spiro atoms. The summed E-state index contributed by atoms with van der Waals surface area (Å²) in [5, 5.41) is 9.70. The lowest BCUT2D eigenvalue weighted by Gasteiger charge is -2.15. The minimum absolute atomic E-state index is 0. The van der Waals surface area contributed by atoms with Crippen molar-refractivity contribution in [3.63, 3.8) is 0 Å². The van der Waals surface area contributed by atoms with Crippen LogP contribution < -0.4 is 16.0 Å². The summed E-state index contributed by atoms with van der Waals surface area (Å²) in [5.74, 6) is 1.14. The molecule has 33 heavy (non-hydrogen) atoms. The van der Waals surface area contributed by atoms with E-state index in [9.17, 15) is 4.79 Å². The molecule has 6 nitrogen and oxygen atoms in total. The summed E-state index contributed by atoms with van der Waals surface area (Å²) in [4.78, 5) is 18.9.